The fraction of sp³-hybridized carbons (Fsp3) is 0.250. The van der Waals surface area contributed by atoms with Crippen LogP contribution in [0.2, 0.25) is 0 Å². The monoisotopic (exact) mass is 322 g/mol. The fourth-order valence-electron chi connectivity index (χ4n) is 3.26. The molecule has 0 saturated carbocycles. The van der Waals surface area contributed by atoms with Gasteiger partial charge in [-0.25, -0.2) is 4.39 Å². The largest absolute Gasteiger partial charge is 0.325 e. The van der Waals surface area contributed by atoms with Crippen molar-refractivity contribution in [3.05, 3.63) is 65.5 Å². The molecule has 0 radical (unpaired) electrons. The maximum Gasteiger partial charge on any atom is 0.238 e. The third-order valence-electron chi connectivity index (χ3n) is 4.29. The summed E-state index contributed by atoms with van der Waals surface area (Å²) in [4.78, 5) is 14.3. The second-order valence-corrected chi connectivity index (χ2v) is 5.92. The number of fused-ring (bicyclic) bond motifs is 1. The number of halogens is 1. The van der Waals surface area contributed by atoms with E-state index in [0.29, 0.717) is 12.2 Å². The van der Waals surface area contributed by atoms with Crippen LogP contribution < -0.4 is 5.32 Å². The van der Waals surface area contributed by atoms with Gasteiger partial charge in [-0.05, 0) is 42.2 Å². The molecular weight excluding hydrogens is 303 g/mol. The second-order valence-electron chi connectivity index (χ2n) is 5.92. The summed E-state index contributed by atoms with van der Waals surface area (Å²) in [6.45, 7) is 0.579. The van der Waals surface area contributed by atoms with E-state index in [2.05, 4.69) is 23.4 Å². The first-order chi connectivity index (χ1) is 11.7. The first-order valence-electron chi connectivity index (χ1n) is 7.98. The Morgan fingerprint density at radius 1 is 1.29 bits per heavy atom. The van der Waals surface area contributed by atoms with E-state index < -0.39 is 0 Å². The number of terminal acetylenes is 1. The van der Waals surface area contributed by atoms with Crippen LogP contribution in [0, 0.1) is 18.2 Å². The van der Waals surface area contributed by atoms with Crippen LogP contribution in [0.1, 0.15) is 23.6 Å². The average Bonchev–Trinajstić information content (AvgIpc) is 2.98. The fourth-order valence-corrected chi connectivity index (χ4v) is 3.26. The second kappa shape index (κ2) is 7.29. The van der Waals surface area contributed by atoms with Crippen molar-refractivity contribution in [3.8, 4) is 12.3 Å². The van der Waals surface area contributed by atoms with Crippen LogP contribution in [0.4, 0.5) is 10.1 Å². The van der Waals surface area contributed by atoms with E-state index in [1.54, 1.807) is 12.1 Å². The van der Waals surface area contributed by atoms with E-state index in [0.717, 1.165) is 12.8 Å². The minimum absolute atomic E-state index is 0.149. The van der Waals surface area contributed by atoms with Crippen LogP contribution >= 0.6 is 0 Å². The molecular formula is C20H19FN2O. The van der Waals surface area contributed by atoms with Gasteiger partial charge in [0.2, 0.25) is 5.91 Å². The van der Waals surface area contributed by atoms with Gasteiger partial charge in [-0.15, -0.1) is 6.42 Å². The lowest BCUT2D eigenvalue weighted by molar-refractivity contribution is -0.117. The highest BCUT2D eigenvalue weighted by molar-refractivity contribution is 5.92. The molecule has 1 atom stereocenters. The Bertz CT molecular complexity index is 781. The van der Waals surface area contributed by atoms with Gasteiger partial charge in [0.05, 0.1) is 13.1 Å². The quantitative estimate of drug-likeness (QED) is 0.856. The summed E-state index contributed by atoms with van der Waals surface area (Å²) < 4.78 is 13.2. The highest BCUT2D eigenvalue weighted by Gasteiger charge is 2.28. The minimum Gasteiger partial charge on any atom is -0.325 e. The number of nitrogens with one attached hydrogen (secondary N) is 1. The Morgan fingerprint density at radius 2 is 2.12 bits per heavy atom. The molecule has 0 fully saturated rings. The Morgan fingerprint density at radius 3 is 2.92 bits per heavy atom. The first-order valence-corrected chi connectivity index (χ1v) is 7.98. The van der Waals surface area contributed by atoms with E-state index in [-0.39, 0.29) is 24.3 Å². The summed E-state index contributed by atoms with van der Waals surface area (Å²) in [5.41, 5.74) is 3.01. The van der Waals surface area contributed by atoms with Gasteiger partial charge in [0.1, 0.15) is 5.82 Å². The van der Waals surface area contributed by atoms with Gasteiger partial charge >= 0.3 is 0 Å². The predicted molar refractivity (Wildman–Crippen MR) is 92.9 cm³/mol. The zero-order chi connectivity index (χ0) is 16.9. The number of amides is 1. The van der Waals surface area contributed by atoms with Crippen molar-refractivity contribution < 1.29 is 9.18 Å². The van der Waals surface area contributed by atoms with Crippen molar-refractivity contribution >= 4 is 11.6 Å². The van der Waals surface area contributed by atoms with Crippen LogP contribution in [0.25, 0.3) is 0 Å². The predicted octanol–water partition coefficient (Wildman–Crippen LogP) is 3.39. The van der Waals surface area contributed by atoms with Crippen LogP contribution in [0.5, 0.6) is 0 Å². The number of carbonyl (C=O) groups is 1. The maximum atomic E-state index is 13.2. The first kappa shape index (κ1) is 16.2. The molecule has 0 spiro atoms. The lowest BCUT2D eigenvalue weighted by Gasteiger charge is -2.27. The highest BCUT2D eigenvalue weighted by atomic mass is 19.1. The molecule has 3 nitrogen and oxygen atoms in total. The molecule has 1 aliphatic rings. The van der Waals surface area contributed by atoms with E-state index in [1.165, 1.54) is 23.3 Å². The number of carbonyl (C=O) groups excluding carboxylic acids is 1. The Labute approximate surface area is 141 Å². The number of hydrogen-bond acceptors (Lipinski definition) is 2. The molecule has 0 unspecified atom stereocenters. The maximum absolute atomic E-state index is 13.2. The number of rotatable bonds is 5. The van der Waals surface area contributed by atoms with E-state index in [1.807, 2.05) is 17.0 Å². The number of hydrogen-bond donors (Lipinski definition) is 1. The third kappa shape index (κ3) is 3.64. The molecule has 0 heterocycles. The molecule has 1 amide bonds. The molecule has 24 heavy (non-hydrogen) atoms. The normalized spacial score (nSPS) is 15.8. The van der Waals surface area contributed by atoms with Crippen LogP contribution in [0.15, 0.2) is 48.5 Å². The summed E-state index contributed by atoms with van der Waals surface area (Å²) in [7, 11) is 0. The summed E-state index contributed by atoms with van der Waals surface area (Å²) in [6, 6.07) is 14.3. The Balaban J connectivity index is 1.71. The van der Waals surface area contributed by atoms with Crippen LogP contribution in [-0.2, 0) is 11.2 Å². The van der Waals surface area contributed by atoms with Gasteiger partial charge in [0.15, 0.2) is 0 Å². The van der Waals surface area contributed by atoms with Crippen molar-refractivity contribution in [2.24, 2.45) is 0 Å². The number of nitrogens with zero attached hydrogens (tertiary/aromatic N) is 1. The van der Waals surface area contributed by atoms with E-state index in [9.17, 15) is 9.18 Å². The summed E-state index contributed by atoms with van der Waals surface area (Å²) in [5, 5.41) is 2.73. The number of benzene rings is 2. The van der Waals surface area contributed by atoms with Gasteiger partial charge < -0.3 is 5.32 Å². The Hall–Kier alpha value is -2.64. The Kier molecular flexibility index (Phi) is 4.93. The molecule has 0 aliphatic heterocycles. The van der Waals surface area contributed by atoms with Crippen molar-refractivity contribution in [2.75, 3.05) is 18.4 Å². The third-order valence-corrected chi connectivity index (χ3v) is 4.29. The summed E-state index contributed by atoms with van der Waals surface area (Å²) in [5.74, 6) is 2.07. The molecule has 0 bridgehead atoms. The van der Waals surface area contributed by atoms with Crippen molar-refractivity contribution in [1.29, 1.82) is 0 Å². The molecule has 4 heteroatoms. The van der Waals surface area contributed by atoms with Gasteiger partial charge in [-0.2, -0.15) is 0 Å². The van der Waals surface area contributed by atoms with E-state index >= 15 is 0 Å². The van der Waals surface area contributed by atoms with Gasteiger partial charge in [0.25, 0.3) is 0 Å². The zero-order valence-corrected chi connectivity index (χ0v) is 13.3. The average molecular weight is 322 g/mol. The number of aryl methyl sites for hydroxylation is 1. The van der Waals surface area contributed by atoms with Gasteiger partial charge in [-0.3, -0.25) is 9.69 Å². The zero-order valence-electron chi connectivity index (χ0n) is 13.3. The van der Waals surface area contributed by atoms with Gasteiger partial charge in [0, 0.05) is 11.7 Å². The molecule has 1 aliphatic carbocycles. The lowest BCUT2D eigenvalue weighted by Crippen LogP contribution is -2.36. The van der Waals surface area contributed by atoms with Crippen LogP contribution in [-0.4, -0.2) is 23.9 Å². The molecule has 2 aromatic carbocycles. The molecule has 2 aromatic rings. The van der Waals surface area contributed by atoms with Gasteiger partial charge in [-0.1, -0.05) is 36.3 Å². The molecule has 3 rings (SSSR count). The van der Waals surface area contributed by atoms with Crippen molar-refractivity contribution in [2.45, 2.75) is 18.9 Å². The highest BCUT2D eigenvalue weighted by Crippen LogP contribution is 2.35. The van der Waals surface area contributed by atoms with Crippen molar-refractivity contribution in [1.82, 2.24) is 4.90 Å². The van der Waals surface area contributed by atoms with Crippen LogP contribution in [0.3, 0.4) is 0 Å². The lowest BCUT2D eigenvalue weighted by atomic mass is 10.1. The molecule has 0 aromatic heterocycles. The number of anilines is 1. The molecule has 1 N–H and O–H groups in total. The summed E-state index contributed by atoms with van der Waals surface area (Å²) in [6.07, 6.45) is 7.44. The smallest absolute Gasteiger partial charge is 0.238 e. The topological polar surface area (TPSA) is 32.3 Å². The molecule has 122 valence electrons. The minimum atomic E-state index is -0.377. The van der Waals surface area contributed by atoms with E-state index in [4.69, 9.17) is 6.42 Å². The SMILES string of the molecule is C#CCN(CC(=O)Nc1cccc(F)c1)[C@H]1CCc2ccccc21. The summed E-state index contributed by atoms with van der Waals surface area (Å²) >= 11 is 0. The standard InChI is InChI=1S/C20H19FN2O/c1-2-12-23(19-11-10-15-6-3-4-9-18(15)19)14-20(24)22-17-8-5-7-16(21)13-17/h1,3-9,13,19H,10-12,14H2,(H,22,24)/t19-/m0/s1. The molecule has 0 saturated heterocycles. The van der Waals surface area contributed by atoms with Crippen molar-refractivity contribution in [3.63, 3.8) is 0 Å².